The molecular formula is C15H31N3O2S. The van der Waals surface area contributed by atoms with E-state index in [0.29, 0.717) is 44.1 Å². The Kier molecular flexibility index (Phi) is 6.05. The Labute approximate surface area is 130 Å². The van der Waals surface area contributed by atoms with Gasteiger partial charge in [-0.05, 0) is 51.0 Å². The van der Waals surface area contributed by atoms with Gasteiger partial charge in [-0.25, -0.2) is 0 Å². The van der Waals surface area contributed by atoms with Crippen LogP contribution in [0.5, 0.6) is 0 Å². The summed E-state index contributed by atoms with van der Waals surface area (Å²) in [7, 11) is -3.25. The van der Waals surface area contributed by atoms with Gasteiger partial charge in [-0.3, -0.25) is 0 Å². The largest absolute Gasteiger partial charge is 0.314 e. The summed E-state index contributed by atoms with van der Waals surface area (Å²) >= 11 is 0. The van der Waals surface area contributed by atoms with E-state index in [2.05, 4.69) is 26.1 Å². The lowest BCUT2D eigenvalue weighted by molar-refractivity contribution is 0.203. The van der Waals surface area contributed by atoms with Gasteiger partial charge in [-0.2, -0.15) is 17.0 Å². The second kappa shape index (κ2) is 7.40. The van der Waals surface area contributed by atoms with E-state index in [1.165, 1.54) is 0 Å². The Morgan fingerprint density at radius 2 is 1.81 bits per heavy atom. The van der Waals surface area contributed by atoms with E-state index in [0.717, 1.165) is 32.2 Å². The first-order valence-electron chi connectivity index (χ1n) is 8.43. The Morgan fingerprint density at radius 1 is 1.14 bits per heavy atom. The molecule has 6 heteroatoms. The summed E-state index contributed by atoms with van der Waals surface area (Å²) in [4.78, 5) is 0. The third-order valence-electron chi connectivity index (χ3n) is 5.05. The van der Waals surface area contributed by atoms with Gasteiger partial charge in [0.05, 0.1) is 0 Å². The molecule has 2 fully saturated rings. The van der Waals surface area contributed by atoms with E-state index in [4.69, 9.17) is 0 Å². The van der Waals surface area contributed by atoms with Crippen LogP contribution in [-0.2, 0) is 10.2 Å². The van der Waals surface area contributed by atoms with Gasteiger partial charge >= 0.3 is 0 Å². The molecule has 2 heterocycles. The van der Waals surface area contributed by atoms with Crippen LogP contribution in [0.25, 0.3) is 0 Å². The lowest BCUT2D eigenvalue weighted by Gasteiger charge is -2.39. The van der Waals surface area contributed by atoms with Gasteiger partial charge in [-0.15, -0.1) is 0 Å². The van der Waals surface area contributed by atoms with Gasteiger partial charge in [0.1, 0.15) is 0 Å². The van der Waals surface area contributed by atoms with Crippen molar-refractivity contribution in [1.29, 1.82) is 0 Å². The molecule has 0 radical (unpaired) electrons. The summed E-state index contributed by atoms with van der Waals surface area (Å²) in [5.41, 5.74) is 0. The summed E-state index contributed by atoms with van der Waals surface area (Å²) in [6.45, 7) is 10.1. The molecule has 21 heavy (non-hydrogen) atoms. The molecule has 0 aliphatic carbocycles. The average molecular weight is 317 g/mol. The van der Waals surface area contributed by atoms with Crippen molar-refractivity contribution in [3.8, 4) is 0 Å². The molecule has 2 aliphatic heterocycles. The molecule has 2 saturated heterocycles. The van der Waals surface area contributed by atoms with Gasteiger partial charge < -0.3 is 5.32 Å². The van der Waals surface area contributed by atoms with Crippen LogP contribution in [0.4, 0.5) is 0 Å². The van der Waals surface area contributed by atoms with Crippen LogP contribution in [0.15, 0.2) is 0 Å². The molecule has 0 amide bonds. The van der Waals surface area contributed by atoms with Crippen molar-refractivity contribution in [2.24, 2.45) is 11.8 Å². The molecule has 5 nitrogen and oxygen atoms in total. The molecule has 2 aliphatic rings. The van der Waals surface area contributed by atoms with Crippen molar-refractivity contribution in [2.75, 3.05) is 32.7 Å². The number of hydrogen-bond acceptors (Lipinski definition) is 3. The zero-order valence-electron chi connectivity index (χ0n) is 13.7. The highest BCUT2D eigenvalue weighted by Gasteiger charge is 2.36. The first-order valence-corrected chi connectivity index (χ1v) is 9.83. The van der Waals surface area contributed by atoms with Crippen LogP contribution in [-0.4, -0.2) is 55.8 Å². The van der Waals surface area contributed by atoms with Crippen LogP contribution >= 0.6 is 0 Å². The van der Waals surface area contributed by atoms with Gasteiger partial charge in [0.15, 0.2) is 0 Å². The monoisotopic (exact) mass is 317 g/mol. The summed E-state index contributed by atoms with van der Waals surface area (Å²) in [5.74, 6) is 1.08. The maximum absolute atomic E-state index is 12.8. The maximum Gasteiger partial charge on any atom is 0.281 e. The van der Waals surface area contributed by atoms with Crippen LogP contribution < -0.4 is 5.32 Å². The van der Waals surface area contributed by atoms with Crippen molar-refractivity contribution in [2.45, 2.75) is 52.5 Å². The number of piperidine rings is 2. The van der Waals surface area contributed by atoms with Crippen molar-refractivity contribution < 1.29 is 8.42 Å². The molecule has 2 unspecified atom stereocenters. The quantitative estimate of drug-likeness (QED) is 0.839. The fraction of sp³-hybridized carbons (Fsp3) is 1.00. The average Bonchev–Trinajstić information content (AvgIpc) is 2.48. The number of hydrogen-bond donors (Lipinski definition) is 1. The molecule has 2 atom stereocenters. The highest BCUT2D eigenvalue weighted by atomic mass is 32.2. The van der Waals surface area contributed by atoms with Gasteiger partial charge in [0.2, 0.25) is 0 Å². The highest BCUT2D eigenvalue weighted by molar-refractivity contribution is 7.86. The Balaban J connectivity index is 1.99. The second-order valence-corrected chi connectivity index (χ2v) is 8.62. The van der Waals surface area contributed by atoms with Crippen LogP contribution in [0, 0.1) is 11.8 Å². The van der Waals surface area contributed by atoms with E-state index in [1.54, 1.807) is 8.61 Å². The van der Waals surface area contributed by atoms with E-state index in [-0.39, 0.29) is 0 Å². The molecule has 0 saturated carbocycles. The van der Waals surface area contributed by atoms with Gasteiger partial charge in [0.25, 0.3) is 10.2 Å². The Hall–Kier alpha value is -0.170. The zero-order valence-corrected chi connectivity index (χ0v) is 14.5. The maximum atomic E-state index is 12.8. The minimum absolute atomic E-state index is 0.384. The normalized spacial score (nSPS) is 28.6. The molecular weight excluding hydrogens is 286 g/mol. The third kappa shape index (κ3) is 4.18. The molecule has 0 aromatic rings. The molecule has 0 aromatic heterocycles. The van der Waals surface area contributed by atoms with Crippen molar-refractivity contribution in [3.05, 3.63) is 0 Å². The minimum Gasteiger partial charge on any atom is -0.314 e. The van der Waals surface area contributed by atoms with E-state index in [1.807, 2.05) is 0 Å². The molecule has 0 bridgehead atoms. The van der Waals surface area contributed by atoms with Crippen LogP contribution in [0.1, 0.15) is 46.5 Å². The van der Waals surface area contributed by atoms with E-state index >= 15 is 0 Å². The summed E-state index contributed by atoms with van der Waals surface area (Å²) in [5, 5.41) is 3.44. The first kappa shape index (κ1) is 17.2. The predicted molar refractivity (Wildman–Crippen MR) is 86.3 cm³/mol. The number of nitrogens with zero attached hydrogens (tertiary/aromatic N) is 2. The molecule has 0 aromatic carbocycles. The number of nitrogens with one attached hydrogen (secondary N) is 1. The van der Waals surface area contributed by atoms with Gasteiger partial charge in [-0.1, -0.05) is 13.8 Å². The van der Waals surface area contributed by atoms with Crippen molar-refractivity contribution in [1.82, 2.24) is 13.9 Å². The second-order valence-electron chi connectivity index (χ2n) is 6.70. The summed E-state index contributed by atoms with van der Waals surface area (Å²) in [6, 6.07) is 0.384. The summed E-state index contributed by atoms with van der Waals surface area (Å²) < 4.78 is 29.0. The summed E-state index contributed by atoms with van der Waals surface area (Å²) in [6.07, 6.45) is 4.08. The van der Waals surface area contributed by atoms with E-state index < -0.39 is 10.2 Å². The first-order chi connectivity index (χ1) is 9.95. The lowest BCUT2D eigenvalue weighted by atomic mass is 9.93. The fourth-order valence-corrected chi connectivity index (χ4v) is 5.20. The standard InChI is InChI=1S/C15H31N3O2S/c1-4-16-14(3)15-6-5-9-18(12-15)21(19,20)17-10-7-13(2)8-11-17/h13-16H,4-12H2,1-3H3. The molecule has 124 valence electrons. The Bertz CT molecular complexity index is 419. The van der Waals surface area contributed by atoms with Crippen LogP contribution in [0.3, 0.4) is 0 Å². The fourth-order valence-electron chi connectivity index (χ4n) is 3.46. The Morgan fingerprint density at radius 3 is 2.43 bits per heavy atom. The third-order valence-corrected chi connectivity index (χ3v) is 7.05. The highest BCUT2D eigenvalue weighted by Crippen LogP contribution is 2.26. The predicted octanol–water partition coefficient (Wildman–Crippen LogP) is 1.67. The van der Waals surface area contributed by atoms with Gasteiger partial charge in [0, 0.05) is 32.2 Å². The zero-order chi connectivity index (χ0) is 15.5. The molecule has 0 spiro atoms. The molecule has 2 rings (SSSR count). The molecule has 1 N–H and O–H groups in total. The topological polar surface area (TPSA) is 52.7 Å². The SMILES string of the molecule is CCNC(C)C1CCCN(S(=O)(=O)N2CCC(C)CC2)C1. The van der Waals surface area contributed by atoms with E-state index in [9.17, 15) is 8.42 Å². The van der Waals surface area contributed by atoms with Crippen molar-refractivity contribution >= 4 is 10.2 Å². The smallest absolute Gasteiger partial charge is 0.281 e. The van der Waals surface area contributed by atoms with Crippen LogP contribution in [0.2, 0.25) is 0 Å². The van der Waals surface area contributed by atoms with Crippen molar-refractivity contribution in [3.63, 3.8) is 0 Å². The number of rotatable bonds is 5. The minimum atomic E-state index is -3.25. The lowest BCUT2D eigenvalue weighted by Crippen LogP contribution is -2.52.